The van der Waals surface area contributed by atoms with Crippen molar-refractivity contribution in [3.8, 4) is 22.9 Å². The summed E-state index contributed by atoms with van der Waals surface area (Å²) in [7, 11) is 0. The first-order valence-electron chi connectivity index (χ1n) is 16.6. The van der Waals surface area contributed by atoms with Gasteiger partial charge >= 0.3 is 0 Å². The minimum atomic E-state index is 0.0515. The lowest BCUT2D eigenvalue weighted by Gasteiger charge is -2.27. The molecule has 3 heterocycles. The average molecular weight is 589 g/mol. The molecule has 0 unspecified atom stereocenters. The van der Waals surface area contributed by atoms with Crippen molar-refractivity contribution in [2.45, 2.75) is 0 Å². The van der Waals surface area contributed by atoms with Crippen LogP contribution >= 0.6 is 0 Å². The Morgan fingerprint density at radius 3 is 1.74 bits per heavy atom. The van der Waals surface area contributed by atoms with Gasteiger partial charge in [0.1, 0.15) is 11.5 Å². The zero-order chi connectivity index (χ0) is 31.9. The van der Waals surface area contributed by atoms with Gasteiger partial charge in [-0.2, -0.15) is 0 Å². The minimum Gasteiger partial charge on any atom is -0.458 e. The highest BCUT2D eigenvalue weighted by Gasteiger charge is 2.32. The Bertz CT molecular complexity index is 2730. The van der Waals surface area contributed by atoms with Crippen molar-refractivity contribution in [3.63, 3.8) is 0 Å². The molecule has 46 heavy (non-hydrogen) atoms. The van der Waals surface area contributed by atoms with Crippen molar-refractivity contribution >= 4 is 66.7 Å². The molecule has 3 nitrogen and oxygen atoms in total. The molecule has 2 aromatic heterocycles. The number of fused-ring (bicyclic) bond motifs is 9. The first-order chi connectivity index (χ1) is 23.6. The maximum Gasteiger partial charge on any atom is 0.250 e. The van der Waals surface area contributed by atoms with Crippen LogP contribution in [-0.4, -0.2) is 15.8 Å². The van der Waals surface area contributed by atoms with E-state index < -0.39 is 0 Å². The lowest BCUT2D eigenvalue weighted by Crippen LogP contribution is -2.54. The van der Waals surface area contributed by atoms with Gasteiger partial charge in [-0.15, -0.1) is 0 Å². The van der Waals surface area contributed by atoms with E-state index in [4.69, 9.17) is 7.48 Å². The summed E-state index contributed by atoms with van der Waals surface area (Å²) in [6.07, 6.45) is 0. The standard InChI is InChI=1S/C42H27BN2O/c1-3-13-28(14-4-1)43-35-19-9-12-22-39(35)46-40-27-30(23-26-36(40)43)45-38-21-11-8-18-32(38)34-25-24-33-31-17-7-10-20-37(31)44(41(33)42(34)45)29-15-5-2-6-16-29/h1-27H/i7D,8D. The molecule has 0 saturated carbocycles. The molecule has 0 amide bonds. The third-order valence-corrected chi connectivity index (χ3v) is 9.51. The summed E-state index contributed by atoms with van der Waals surface area (Å²) in [4.78, 5) is 0. The Balaban J connectivity index is 1.32. The van der Waals surface area contributed by atoms with Crippen LogP contribution in [0.5, 0.6) is 11.5 Å². The SMILES string of the molecule is [2H]c1ccc2c(c1)c1ccc3c4cc([2H])ccc4n(-c4ccc5c(c4)Oc4ccccc4B5c4ccccc4)c3c1n2-c1ccccc1. The lowest BCUT2D eigenvalue weighted by molar-refractivity contribution is 0.487. The lowest BCUT2D eigenvalue weighted by atomic mass is 9.36. The van der Waals surface area contributed by atoms with Crippen molar-refractivity contribution in [1.29, 1.82) is 0 Å². The summed E-state index contributed by atoms with van der Waals surface area (Å²) in [5.41, 5.74) is 9.74. The molecular formula is C42H27BN2O. The molecule has 214 valence electrons. The second-order valence-electron chi connectivity index (χ2n) is 12.0. The second kappa shape index (κ2) is 9.75. The Labute approximate surface area is 269 Å². The molecule has 0 fully saturated rings. The van der Waals surface area contributed by atoms with E-state index in [1.165, 1.54) is 5.46 Å². The smallest absolute Gasteiger partial charge is 0.250 e. The van der Waals surface area contributed by atoms with Gasteiger partial charge < -0.3 is 13.9 Å². The zero-order valence-electron chi connectivity index (χ0n) is 26.8. The van der Waals surface area contributed by atoms with E-state index in [9.17, 15) is 0 Å². The van der Waals surface area contributed by atoms with Gasteiger partial charge in [-0.3, -0.25) is 0 Å². The summed E-state index contributed by atoms with van der Waals surface area (Å²) in [5.74, 6) is 1.71. The minimum absolute atomic E-state index is 0.0515. The number of rotatable bonds is 3. The van der Waals surface area contributed by atoms with Crippen LogP contribution in [0.4, 0.5) is 0 Å². The van der Waals surface area contributed by atoms with Gasteiger partial charge in [0.25, 0.3) is 6.71 Å². The number of ether oxygens (including phenoxy) is 1. The van der Waals surface area contributed by atoms with Gasteiger partial charge in [0.05, 0.1) is 24.8 Å². The summed E-state index contributed by atoms with van der Waals surface area (Å²) in [5, 5.41) is 4.22. The number of hydrogen-bond acceptors (Lipinski definition) is 1. The molecule has 10 rings (SSSR count). The number of hydrogen-bond donors (Lipinski definition) is 0. The van der Waals surface area contributed by atoms with Crippen LogP contribution < -0.4 is 21.1 Å². The van der Waals surface area contributed by atoms with E-state index in [1.807, 2.05) is 36.4 Å². The predicted octanol–water partition coefficient (Wildman–Crippen LogP) is 8.50. The van der Waals surface area contributed by atoms with Gasteiger partial charge in [-0.1, -0.05) is 127 Å². The molecule has 0 bridgehead atoms. The third kappa shape index (κ3) is 3.55. The highest BCUT2D eigenvalue weighted by molar-refractivity contribution is 6.96. The summed E-state index contributed by atoms with van der Waals surface area (Å²) >= 11 is 0. The summed E-state index contributed by atoms with van der Waals surface area (Å²) < 4.78 is 28.4. The third-order valence-electron chi connectivity index (χ3n) is 9.51. The van der Waals surface area contributed by atoms with Crippen molar-refractivity contribution < 1.29 is 7.48 Å². The van der Waals surface area contributed by atoms with E-state index in [1.54, 1.807) is 0 Å². The Morgan fingerprint density at radius 1 is 0.457 bits per heavy atom. The van der Waals surface area contributed by atoms with Crippen molar-refractivity contribution in [2.75, 3.05) is 0 Å². The van der Waals surface area contributed by atoms with E-state index in [0.717, 1.165) is 77.4 Å². The quantitative estimate of drug-likeness (QED) is 0.190. The fourth-order valence-corrected chi connectivity index (χ4v) is 7.58. The molecule has 4 heteroatoms. The average Bonchev–Trinajstić information content (AvgIpc) is 3.63. The van der Waals surface area contributed by atoms with Gasteiger partial charge in [0, 0.05) is 39.0 Å². The highest BCUT2D eigenvalue weighted by Crippen LogP contribution is 2.42. The van der Waals surface area contributed by atoms with Crippen LogP contribution in [0, 0.1) is 0 Å². The fraction of sp³-hybridized carbons (Fsp3) is 0. The number of benzene rings is 7. The molecule has 0 radical (unpaired) electrons. The Kier molecular flexibility index (Phi) is 4.96. The molecule has 9 aromatic rings. The van der Waals surface area contributed by atoms with Crippen molar-refractivity contribution in [2.24, 2.45) is 0 Å². The monoisotopic (exact) mass is 588 g/mol. The van der Waals surface area contributed by atoms with Crippen molar-refractivity contribution in [1.82, 2.24) is 9.13 Å². The predicted molar refractivity (Wildman–Crippen MR) is 193 cm³/mol. The van der Waals surface area contributed by atoms with Crippen LogP contribution in [0.1, 0.15) is 2.74 Å². The number of aromatic nitrogens is 2. The fourth-order valence-electron chi connectivity index (χ4n) is 7.58. The van der Waals surface area contributed by atoms with Crippen LogP contribution in [0.2, 0.25) is 0 Å². The van der Waals surface area contributed by atoms with Gasteiger partial charge in [0.15, 0.2) is 0 Å². The van der Waals surface area contributed by atoms with E-state index in [0.29, 0.717) is 12.1 Å². The first-order valence-corrected chi connectivity index (χ1v) is 15.6. The van der Waals surface area contributed by atoms with Crippen LogP contribution in [0.25, 0.3) is 55.0 Å². The van der Waals surface area contributed by atoms with Crippen LogP contribution in [-0.2, 0) is 0 Å². The number of nitrogens with zero attached hydrogens (tertiary/aromatic N) is 2. The van der Waals surface area contributed by atoms with Gasteiger partial charge in [0.2, 0.25) is 0 Å². The van der Waals surface area contributed by atoms with Crippen molar-refractivity contribution in [3.05, 3.63) is 164 Å². The van der Waals surface area contributed by atoms with Crippen LogP contribution in [0.3, 0.4) is 0 Å². The number of para-hydroxylation sites is 4. The molecule has 0 saturated heterocycles. The zero-order valence-corrected chi connectivity index (χ0v) is 24.8. The van der Waals surface area contributed by atoms with E-state index in [-0.39, 0.29) is 6.71 Å². The molecular weight excluding hydrogens is 559 g/mol. The Morgan fingerprint density at radius 2 is 1.04 bits per heavy atom. The first kappa shape index (κ1) is 23.4. The van der Waals surface area contributed by atoms with E-state index >= 15 is 0 Å². The molecule has 0 spiro atoms. The topological polar surface area (TPSA) is 19.1 Å². The highest BCUT2D eigenvalue weighted by atomic mass is 16.5. The largest absolute Gasteiger partial charge is 0.458 e. The van der Waals surface area contributed by atoms with Gasteiger partial charge in [-0.25, -0.2) is 0 Å². The maximum atomic E-state index is 8.56. The molecule has 1 aliphatic heterocycles. The molecule has 0 atom stereocenters. The van der Waals surface area contributed by atoms with Crippen LogP contribution in [0.15, 0.2) is 164 Å². The molecule has 0 N–H and O–H groups in total. The maximum absolute atomic E-state index is 8.56. The normalized spacial score (nSPS) is 13.1. The summed E-state index contributed by atoms with van der Waals surface area (Å²) in [6, 6.07) is 53.1. The van der Waals surface area contributed by atoms with Gasteiger partial charge in [-0.05, 0) is 47.3 Å². The van der Waals surface area contributed by atoms with E-state index in [2.05, 4.69) is 124 Å². The summed E-state index contributed by atoms with van der Waals surface area (Å²) in [6.45, 7) is 0.0515. The molecule has 0 aliphatic carbocycles. The second-order valence-corrected chi connectivity index (χ2v) is 12.0. The molecule has 7 aromatic carbocycles. The molecule has 1 aliphatic rings. The Hall–Kier alpha value is -6.00.